The normalized spacial score (nSPS) is 18.7. The highest BCUT2D eigenvalue weighted by Gasteiger charge is 2.31. The number of ether oxygens (including phenoxy) is 4. The molecule has 0 N–H and O–H groups in total. The summed E-state index contributed by atoms with van der Waals surface area (Å²) in [7, 11) is 1.50. The first-order valence-corrected chi connectivity index (χ1v) is 8.68. The number of carbonyl (C=O) groups is 1. The minimum atomic E-state index is -0.341. The van der Waals surface area contributed by atoms with Crippen LogP contribution in [-0.4, -0.2) is 26.5 Å². The van der Waals surface area contributed by atoms with Crippen LogP contribution in [0.3, 0.4) is 0 Å². The summed E-state index contributed by atoms with van der Waals surface area (Å²) >= 11 is 0. The molecule has 0 radical (unpaired) electrons. The topological polar surface area (TPSA) is 103 Å². The number of fused-ring (bicyclic) bond motifs is 1. The quantitative estimate of drug-likeness (QED) is 0.255. The average Bonchev–Trinajstić information content (AvgIpc) is 3.30. The molecule has 1 fully saturated rings. The molecule has 2 heterocycles. The third-order valence-corrected chi connectivity index (χ3v) is 4.69. The van der Waals surface area contributed by atoms with E-state index in [1.165, 1.54) is 7.11 Å². The number of methoxy groups -OCH3 is 1. The second kappa shape index (κ2) is 7.54. The molecular weight excluding hydrogens is 362 g/mol. The summed E-state index contributed by atoms with van der Waals surface area (Å²) in [5.74, 6) is 1.47. The zero-order valence-corrected chi connectivity index (χ0v) is 15.1. The van der Waals surface area contributed by atoms with E-state index in [4.69, 9.17) is 24.5 Å². The summed E-state index contributed by atoms with van der Waals surface area (Å²) in [6, 6.07) is 10.9. The molecule has 2 aromatic rings. The Balaban J connectivity index is 1.61. The maximum atomic E-state index is 12.3. The summed E-state index contributed by atoms with van der Waals surface area (Å²) < 4.78 is 21.2. The Morgan fingerprint density at radius 1 is 1.21 bits per heavy atom. The fourth-order valence-corrected chi connectivity index (χ4v) is 3.32. The van der Waals surface area contributed by atoms with Crippen LogP contribution >= 0.6 is 0 Å². The van der Waals surface area contributed by atoms with Crippen LogP contribution in [0.4, 0.5) is 5.69 Å². The molecule has 0 bridgehead atoms. The van der Waals surface area contributed by atoms with Gasteiger partial charge in [0.15, 0.2) is 11.5 Å². The van der Waals surface area contributed by atoms with Gasteiger partial charge in [0.1, 0.15) is 5.75 Å². The highest BCUT2D eigenvalue weighted by atomic mass is 16.7. The average molecular weight is 379 g/mol. The van der Waals surface area contributed by atoms with Gasteiger partial charge in [-0.05, 0) is 53.4 Å². The van der Waals surface area contributed by atoms with Gasteiger partial charge in [0.25, 0.3) is 0 Å². The van der Waals surface area contributed by atoms with Gasteiger partial charge < -0.3 is 18.9 Å². The molecule has 1 atom stereocenters. The van der Waals surface area contributed by atoms with Gasteiger partial charge in [-0.1, -0.05) is 17.2 Å². The summed E-state index contributed by atoms with van der Waals surface area (Å²) in [5.41, 5.74) is 11.4. The van der Waals surface area contributed by atoms with Crippen LogP contribution in [0.2, 0.25) is 0 Å². The van der Waals surface area contributed by atoms with E-state index in [9.17, 15) is 4.79 Å². The Morgan fingerprint density at radius 2 is 2.07 bits per heavy atom. The van der Waals surface area contributed by atoms with Gasteiger partial charge in [-0.15, -0.1) is 0 Å². The van der Waals surface area contributed by atoms with Crippen LogP contribution < -0.4 is 14.2 Å². The number of esters is 1. The SMILES string of the molecule is COc1ccc(/C=C2\C(=O)OCC2Cc2ccc3c(c2)OCO3)cc1N=[N+]=[N-]. The Kier molecular flexibility index (Phi) is 4.78. The van der Waals surface area contributed by atoms with Gasteiger partial charge in [0.05, 0.1) is 19.4 Å². The molecule has 0 aliphatic carbocycles. The maximum absolute atomic E-state index is 12.3. The first-order chi connectivity index (χ1) is 13.7. The number of azide groups is 1. The third-order valence-electron chi connectivity index (χ3n) is 4.69. The first kappa shape index (κ1) is 17.8. The van der Waals surface area contributed by atoms with Crippen LogP contribution in [0.1, 0.15) is 11.1 Å². The van der Waals surface area contributed by atoms with E-state index in [0.29, 0.717) is 35.8 Å². The van der Waals surface area contributed by atoms with E-state index >= 15 is 0 Å². The second-order valence-electron chi connectivity index (χ2n) is 6.41. The van der Waals surface area contributed by atoms with Crippen molar-refractivity contribution in [3.63, 3.8) is 0 Å². The van der Waals surface area contributed by atoms with Gasteiger partial charge >= 0.3 is 5.97 Å². The monoisotopic (exact) mass is 379 g/mol. The van der Waals surface area contributed by atoms with Gasteiger partial charge in [0, 0.05) is 16.4 Å². The molecule has 142 valence electrons. The van der Waals surface area contributed by atoms with Crippen LogP contribution in [0.15, 0.2) is 47.1 Å². The number of hydrogen-bond acceptors (Lipinski definition) is 6. The molecule has 8 heteroatoms. The lowest BCUT2D eigenvalue weighted by molar-refractivity contribution is -0.135. The lowest BCUT2D eigenvalue weighted by Gasteiger charge is -2.10. The lowest BCUT2D eigenvalue weighted by atomic mass is 9.92. The van der Waals surface area contributed by atoms with E-state index < -0.39 is 0 Å². The fraction of sp³-hybridized carbons (Fsp3) is 0.250. The molecule has 1 unspecified atom stereocenters. The summed E-state index contributed by atoms with van der Waals surface area (Å²) in [5, 5.41) is 3.64. The predicted molar refractivity (Wildman–Crippen MR) is 100 cm³/mol. The number of benzene rings is 2. The van der Waals surface area contributed by atoms with Crippen molar-refractivity contribution < 1.29 is 23.7 Å². The molecule has 0 saturated carbocycles. The Bertz CT molecular complexity index is 1010. The highest BCUT2D eigenvalue weighted by molar-refractivity contribution is 5.96. The minimum absolute atomic E-state index is 0.0853. The van der Waals surface area contributed by atoms with Crippen LogP contribution in [0, 0.1) is 5.92 Å². The predicted octanol–water partition coefficient (Wildman–Crippen LogP) is 4.16. The number of cyclic esters (lactones) is 1. The van der Waals surface area contributed by atoms with Crippen molar-refractivity contribution in [2.45, 2.75) is 6.42 Å². The highest BCUT2D eigenvalue weighted by Crippen LogP contribution is 2.35. The molecule has 2 aliphatic heterocycles. The molecule has 2 aliphatic rings. The zero-order valence-electron chi connectivity index (χ0n) is 15.1. The van der Waals surface area contributed by atoms with Gasteiger partial charge in [-0.25, -0.2) is 4.79 Å². The van der Waals surface area contributed by atoms with Crippen molar-refractivity contribution in [3.8, 4) is 17.2 Å². The van der Waals surface area contributed by atoms with E-state index in [1.54, 1.807) is 24.3 Å². The molecule has 28 heavy (non-hydrogen) atoms. The van der Waals surface area contributed by atoms with Crippen LogP contribution in [0.25, 0.3) is 16.5 Å². The van der Waals surface area contributed by atoms with E-state index in [1.807, 2.05) is 18.2 Å². The fourth-order valence-electron chi connectivity index (χ4n) is 3.32. The molecule has 0 amide bonds. The lowest BCUT2D eigenvalue weighted by Crippen LogP contribution is -2.07. The van der Waals surface area contributed by atoms with Crippen molar-refractivity contribution in [3.05, 3.63) is 63.5 Å². The minimum Gasteiger partial charge on any atom is -0.496 e. The van der Waals surface area contributed by atoms with E-state index in [-0.39, 0.29) is 18.7 Å². The molecule has 8 nitrogen and oxygen atoms in total. The zero-order chi connectivity index (χ0) is 19.5. The van der Waals surface area contributed by atoms with Crippen molar-refractivity contribution >= 4 is 17.7 Å². The van der Waals surface area contributed by atoms with Crippen molar-refractivity contribution in [2.75, 3.05) is 20.5 Å². The van der Waals surface area contributed by atoms with Crippen LogP contribution in [0.5, 0.6) is 17.2 Å². The molecule has 0 spiro atoms. The van der Waals surface area contributed by atoms with Gasteiger partial charge in [-0.2, -0.15) is 0 Å². The molecule has 0 aromatic heterocycles. The summed E-state index contributed by atoms with van der Waals surface area (Å²) in [4.78, 5) is 15.1. The Hall–Kier alpha value is -3.64. The Morgan fingerprint density at radius 3 is 2.89 bits per heavy atom. The molecule has 1 saturated heterocycles. The molecular formula is C20H17N3O5. The van der Waals surface area contributed by atoms with Gasteiger partial charge in [-0.3, -0.25) is 0 Å². The number of rotatable bonds is 5. The third kappa shape index (κ3) is 3.45. The second-order valence-corrected chi connectivity index (χ2v) is 6.41. The van der Waals surface area contributed by atoms with E-state index in [2.05, 4.69) is 10.0 Å². The number of nitrogens with zero attached hydrogens (tertiary/aromatic N) is 3. The summed E-state index contributed by atoms with van der Waals surface area (Å²) in [6.07, 6.45) is 2.40. The van der Waals surface area contributed by atoms with Crippen molar-refractivity contribution in [2.24, 2.45) is 11.0 Å². The summed E-state index contributed by atoms with van der Waals surface area (Å²) in [6.45, 7) is 0.540. The van der Waals surface area contributed by atoms with Crippen molar-refractivity contribution in [1.82, 2.24) is 0 Å². The van der Waals surface area contributed by atoms with Crippen LogP contribution in [-0.2, 0) is 16.0 Å². The van der Waals surface area contributed by atoms with Crippen molar-refractivity contribution in [1.29, 1.82) is 0 Å². The first-order valence-electron chi connectivity index (χ1n) is 8.68. The standard InChI is InChI=1S/C20H17N3O5/c1-25-17-4-2-13(8-16(17)22-23-21)7-15-14(10-26-20(15)24)6-12-3-5-18-19(9-12)28-11-27-18/h2-5,7-9,14H,6,10-11H2,1H3/b15-7-. The Labute approximate surface area is 160 Å². The van der Waals surface area contributed by atoms with E-state index in [0.717, 1.165) is 16.9 Å². The largest absolute Gasteiger partial charge is 0.496 e. The number of carbonyl (C=O) groups excluding carboxylic acids is 1. The number of hydrogen-bond donors (Lipinski definition) is 0. The molecule has 4 rings (SSSR count). The smallest absolute Gasteiger partial charge is 0.334 e. The maximum Gasteiger partial charge on any atom is 0.334 e. The molecule has 2 aromatic carbocycles. The van der Waals surface area contributed by atoms with Gasteiger partial charge in [0.2, 0.25) is 6.79 Å².